The van der Waals surface area contributed by atoms with Crippen LogP contribution >= 0.6 is 22.9 Å². The Hall–Kier alpha value is -3.70. The van der Waals surface area contributed by atoms with Gasteiger partial charge in [0.1, 0.15) is 11.8 Å². The summed E-state index contributed by atoms with van der Waals surface area (Å²) in [6.45, 7) is 0.467. The lowest BCUT2D eigenvalue weighted by atomic mass is 9.95. The van der Waals surface area contributed by atoms with E-state index in [1.165, 1.54) is 37.0 Å². The van der Waals surface area contributed by atoms with Crippen LogP contribution in [0.2, 0.25) is 5.02 Å². The molecule has 0 amide bonds. The minimum Gasteiger partial charge on any atom is -0.496 e. The number of methoxy groups -OCH3 is 2. The van der Waals surface area contributed by atoms with E-state index in [2.05, 4.69) is 9.73 Å². The first-order valence-corrected chi connectivity index (χ1v) is 12.5. The number of halogens is 3. The van der Waals surface area contributed by atoms with E-state index in [4.69, 9.17) is 25.8 Å². The van der Waals surface area contributed by atoms with Crippen molar-refractivity contribution < 1.29 is 32.5 Å². The number of alkyl halides is 2. The number of aromatic nitrogens is 1. The fourth-order valence-electron chi connectivity index (χ4n) is 4.12. The molecule has 0 radical (unpaired) electrons. The second-order valence-corrected chi connectivity index (χ2v) is 9.42. The van der Waals surface area contributed by atoms with Crippen LogP contribution in [-0.4, -0.2) is 38.0 Å². The predicted octanol–water partition coefficient (Wildman–Crippen LogP) is 4.07. The van der Waals surface area contributed by atoms with Crippen molar-refractivity contribution in [2.45, 2.75) is 26.5 Å². The lowest BCUT2D eigenvalue weighted by Gasteiger charge is -2.26. The van der Waals surface area contributed by atoms with E-state index in [1.54, 1.807) is 38.1 Å². The third-order valence-corrected chi connectivity index (χ3v) is 6.92. The first kappa shape index (κ1) is 27.3. The lowest BCUT2D eigenvalue weighted by molar-refractivity contribution is -0.139. The van der Waals surface area contributed by atoms with Crippen molar-refractivity contribution in [3.63, 3.8) is 0 Å². The van der Waals surface area contributed by atoms with Gasteiger partial charge in [0.05, 0.1) is 36.6 Å². The van der Waals surface area contributed by atoms with Gasteiger partial charge in [0, 0.05) is 10.6 Å². The summed E-state index contributed by atoms with van der Waals surface area (Å²) in [6, 6.07) is 8.33. The number of thiazole rings is 1. The van der Waals surface area contributed by atoms with Crippen molar-refractivity contribution >= 4 is 35.0 Å². The van der Waals surface area contributed by atoms with E-state index in [0.29, 0.717) is 32.4 Å². The molecule has 200 valence electrons. The predicted molar refractivity (Wildman–Crippen MR) is 138 cm³/mol. The van der Waals surface area contributed by atoms with Gasteiger partial charge in [-0.25, -0.2) is 9.79 Å². The van der Waals surface area contributed by atoms with E-state index in [9.17, 15) is 18.4 Å². The molecular weight excluding hydrogens is 542 g/mol. The molecule has 0 spiro atoms. The maximum Gasteiger partial charge on any atom is 0.387 e. The molecule has 0 saturated heterocycles. The number of carbonyl (C=O) groups excluding carboxylic acids is 1. The normalized spacial score (nSPS) is 15.3. The molecular formula is C26H23ClF2N2O6S. The number of allylic oxidation sites excluding steroid dienone is 1. The molecule has 1 aromatic heterocycles. The van der Waals surface area contributed by atoms with Crippen LogP contribution < -0.4 is 29.1 Å². The second-order valence-electron chi connectivity index (χ2n) is 7.98. The van der Waals surface area contributed by atoms with E-state index in [1.807, 2.05) is 0 Å². The molecule has 1 aliphatic rings. The van der Waals surface area contributed by atoms with Crippen molar-refractivity contribution in [2.75, 3.05) is 20.8 Å². The van der Waals surface area contributed by atoms with Gasteiger partial charge >= 0.3 is 12.6 Å². The molecule has 12 heteroatoms. The number of rotatable bonds is 8. The third kappa shape index (κ3) is 5.30. The Labute approximate surface area is 225 Å². The largest absolute Gasteiger partial charge is 0.496 e. The van der Waals surface area contributed by atoms with Crippen molar-refractivity contribution in [1.82, 2.24) is 4.57 Å². The molecule has 2 heterocycles. The highest BCUT2D eigenvalue weighted by atomic mass is 35.5. The van der Waals surface area contributed by atoms with Crippen LogP contribution in [0.1, 0.15) is 31.0 Å². The van der Waals surface area contributed by atoms with Crippen molar-refractivity contribution in [3.05, 3.63) is 83.5 Å². The average molecular weight is 565 g/mol. The Morgan fingerprint density at radius 3 is 2.53 bits per heavy atom. The molecule has 4 rings (SSSR count). The van der Waals surface area contributed by atoms with Crippen LogP contribution in [0.15, 0.2) is 57.5 Å². The van der Waals surface area contributed by atoms with E-state index in [0.717, 1.165) is 11.3 Å². The van der Waals surface area contributed by atoms with E-state index >= 15 is 0 Å². The zero-order chi connectivity index (χ0) is 27.6. The van der Waals surface area contributed by atoms with Gasteiger partial charge in [-0.05, 0) is 55.8 Å². The minimum absolute atomic E-state index is 0.0776. The average Bonchev–Trinajstić information content (AvgIpc) is 3.17. The topological polar surface area (TPSA) is 88.4 Å². The summed E-state index contributed by atoms with van der Waals surface area (Å²) in [7, 11) is 2.80. The summed E-state index contributed by atoms with van der Waals surface area (Å²) in [5, 5.41) is 0.388. The standard InChI is InChI=1S/C26H23ClF2N2O6S/c1-5-36-24(33)21-13(2)30-26-31(22(21)16-12-15(27)7-9-17(16)34-3)23(32)20(38-26)11-14-6-8-18(37-25(28)29)19(10-14)35-4/h6-12,22,25H,5H2,1-4H3/b20-11-/t22-/m1/s1. The Kier molecular flexibility index (Phi) is 8.17. The van der Waals surface area contributed by atoms with Gasteiger partial charge in [-0.3, -0.25) is 9.36 Å². The van der Waals surface area contributed by atoms with Gasteiger partial charge in [-0.1, -0.05) is 29.0 Å². The van der Waals surface area contributed by atoms with Crippen LogP contribution in [0.25, 0.3) is 6.08 Å². The molecule has 8 nitrogen and oxygen atoms in total. The number of ether oxygens (including phenoxy) is 4. The lowest BCUT2D eigenvalue weighted by Crippen LogP contribution is -2.40. The number of nitrogens with zero attached hydrogens (tertiary/aromatic N) is 2. The van der Waals surface area contributed by atoms with Crippen LogP contribution in [0.4, 0.5) is 8.78 Å². The molecule has 0 fully saturated rings. The smallest absolute Gasteiger partial charge is 0.387 e. The summed E-state index contributed by atoms with van der Waals surface area (Å²) in [4.78, 5) is 31.7. The summed E-state index contributed by atoms with van der Waals surface area (Å²) in [6.07, 6.45) is 1.58. The second kappa shape index (κ2) is 11.4. The number of esters is 1. The SMILES string of the molecule is CCOC(=O)C1=C(C)N=c2s/c(=C\c3ccc(OC(F)F)c(OC)c3)c(=O)n2[C@@H]1c1cc(Cl)ccc1OC. The van der Waals surface area contributed by atoms with Crippen molar-refractivity contribution in [2.24, 2.45) is 4.99 Å². The summed E-state index contributed by atoms with van der Waals surface area (Å²) in [5.74, 6) is -0.253. The fourth-order valence-corrected chi connectivity index (χ4v) is 5.35. The molecule has 0 bridgehead atoms. The number of hydrogen-bond donors (Lipinski definition) is 0. The quantitative estimate of drug-likeness (QED) is 0.383. The zero-order valence-electron chi connectivity index (χ0n) is 20.8. The van der Waals surface area contributed by atoms with Gasteiger partial charge in [0.25, 0.3) is 5.56 Å². The van der Waals surface area contributed by atoms with E-state index < -0.39 is 24.2 Å². The number of fused-ring (bicyclic) bond motifs is 1. The molecule has 0 saturated carbocycles. The van der Waals surface area contributed by atoms with Crippen molar-refractivity contribution in [3.8, 4) is 17.2 Å². The number of hydrogen-bond acceptors (Lipinski definition) is 8. The first-order chi connectivity index (χ1) is 18.2. The highest BCUT2D eigenvalue weighted by Gasteiger charge is 2.35. The Morgan fingerprint density at radius 2 is 1.87 bits per heavy atom. The van der Waals surface area contributed by atoms with E-state index in [-0.39, 0.29) is 28.2 Å². The van der Waals surface area contributed by atoms with Crippen molar-refractivity contribution in [1.29, 1.82) is 0 Å². The molecule has 1 atom stereocenters. The van der Waals surface area contributed by atoms with Gasteiger partial charge in [0.2, 0.25) is 0 Å². The Balaban J connectivity index is 1.94. The maximum atomic E-state index is 13.8. The van der Waals surface area contributed by atoms with Gasteiger partial charge in [-0.2, -0.15) is 8.78 Å². The third-order valence-electron chi connectivity index (χ3n) is 5.70. The number of carbonyl (C=O) groups is 1. The maximum absolute atomic E-state index is 13.8. The molecule has 3 aromatic rings. The summed E-state index contributed by atoms with van der Waals surface area (Å²) < 4.78 is 47.6. The van der Waals surface area contributed by atoms with Gasteiger partial charge < -0.3 is 18.9 Å². The highest BCUT2D eigenvalue weighted by Crippen LogP contribution is 2.37. The highest BCUT2D eigenvalue weighted by molar-refractivity contribution is 7.07. The monoisotopic (exact) mass is 564 g/mol. The van der Waals surface area contributed by atoms with Gasteiger partial charge in [0.15, 0.2) is 16.3 Å². The first-order valence-electron chi connectivity index (χ1n) is 11.3. The van der Waals surface area contributed by atoms with Crippen LogP contribution in [0.5, 0.6) is 17.2 Å². The zero-order valence-corrected chi connectivity index (χ0v) is 22.4. The Bertz CT molecular complexity index is 1600. The molecule has 2 aromatic carbocycles. The molecule has 0 unspecified atom stereocenters. The van der Waals surface area contributed by atoms with Crippen LogP contribution in [0, 0.1) is 0 Å². The number of benzene rings is 2. The molecule has 0 aliphatic carbocycles. The minimum atomic E-state index is -3.02. The van der Waals surface area contributed by atoms with Gasteiger partial charge in [-0.15, -0.1) is 0 Å². The molecule has 0 N–H and O–H groups in total. The molecule has 1 aliphatic heterocycles. The summed E-state index contributed by atoms with van der Waals surface area (Å²) >= 11 is 7.41. The van der Waals surface area contributed by atoms with Crippen LogP contribution in [0.3, 0.4) is 0 Å². The fraction of sp³-hybridized carbons (Fsp3) is 0.269. The Morgan fingerprint density at radius 1 is 1.16 bits per heavy atom. The van der Waals surface area contributed by atoms with Crippen LogP contribution in [-0.2, 0) is 9.53 Å². The summed E-state index contributed by atoms with van der Waals surface area (Å²) in [5.41, 5.74) is 1.13. The molecule has 38 heavy (non-hydrogen) atoms.